The number of nitrogens with zero attached hydrogens (tertiary/aromatic N) is 2. The molecule has 2 heterocycles. The van der Waals surface area contributed by atoms with Crippen LogP contribution >= 0.6 is 11.3 Å². The average Bonchev–Trinajstić information content (AvgIpc) is 2.94. The average molecular weight is 260 g/mol. The largest absolute Gasteiger partial charge is 0.441 e. The summed E-state index contributed by atoms with van der Waals surface area (Å²) in [6, 6.07) is 7.57. The Balaban J connectivity index is 1.83. The molecule has 1 unspecified atom stereocenters. The second-order valence-electron chi connectivity index (χ2n) is 4.09. The van der Waals surface area contributed by atoms with Gasteiger partial charge in [0.05, 0.1) is 17.1 Å². The van der Waals surface area contributed by atoms with Crippen LogP contribution in [0.25, 0.3) is 11.1 Å². The van der Waals surface area contributed by atoms with E-state index < -0.39 is 6.10 Å². The first-order valence-corrected chi connectivity index (χ1v) is 6.55. The minimum absolute atomic E-state index is 0.345. The Morgan fingerprint density at radius 3 is 2.89 bits per heavy atom. The fourth-order valence-electron chi connectivity index (χ4n) is 1.81. The molecule has 0 aliphatic rings. The molecule has 92 valence electrons. The number of fused-ring (bicyclic) bond motifs is 1. The van der Waals surface area contributed by atoms with Crippen molar-refractivity contribution in [1.82, 2.24) is 9.97 Å². The first-order chi connectivity index (χ1) is 8.72. The molecule has 0 saturated heterocycles. The number of aryl methyl sites for hydroxylation is 1. The number of hydrogen-bond donors (Lipinski definition) is 1. The van der Waals surface area contributed by atoms with Crippen LogP contribution in [0.3, 0.4) is 0 Å². The second kappa shape index (κ2) is 4.51. The number of hydrogen-bond acceptors (Lipinski definition) is 5. The third-order valence-electron chi connectivity index (χ3n) is 2.68. The molecule has 0 aliphatic carbocycles. The summed E-state index contributed by atoms with van der Waals surface area (Å²) in [6.45, 7) is 1.92. The first kappa shape index (κ1) is 11.4. The summed E-state index contributed by atoms with van der Waals surface area (Å²) in [5.41, 5.74) is 2.24. The Labute approximate surface area is 108 Å². The summed E-state index contributed by atoms with van der Waals surface area (Å²) in [5, 5.41) is 12.9. The van der Waals surface area contributed by atoms with Crippen molar-refractivity contribution in [2.24, 2.45) is 0 Å². The van der Waals surface area contributed by atoms with Gasteiger partial charge >= 0.3 is 0 Å². The number of aromatic nitrogens is 2. The number of aliphatic hydroxyl groups is 1. The molecule has 2 aromatic heterocycles. The fourth-order valence-corrected chi connectivity index (χ4v) is 2.47. The van der Waals surface area contributed by atoms with E-state index >= 15 is 0 Å². The van der Waals surface area contributed by atoms with Gasteiger partial charge in [-0.1, -0.05) is 12.1 Å². The van der Waals surface area contributed by atoms with Gasteiger partial charge in [-0.25, -0.2) is 9.97 Å². The van der Waals surface area contributed by atoms with E-state index in [0.717, 1.165) is 16.1 Å². The van der Waals surface area contributed by atoms with Crippen molar-refractivity contribution in [2.75, 3.05) is 0 Å². The summed E-state index contributed by atoms with van der Waals surface area (Å²) in [4.78, 5) is 8.59. The van der Waals surface area contributed by atoms with E-state index in [-0.39, 0.29) is 0 Å². The van der Waals surface area contributed by atoms with Crippen molar-refractivity contribution >= 4 is 22.4 Å². The molecular formula is C13H12N2O2S. The van der Waals surface area contributed by atoms with Gasteiger partial charge in [-0.3, -0.25) is 0 Å². The molecule has 0 amide bonds. The smallest absolute Gasteiger partial charge is 0.198 e. The van der Waals surface area contributed by atoms with Crippen LogP contribution in [0, 0.1) is 6.92 Å². The summed E-state index contributed by atoms with van der Waals surface area (Å²) >= 11 is 1.53. The molecule has 0 saturated carbocycles. The molecular weight excluding hydrogens is 248 g/mol. The Kier molecular flexibility index (Phi) is 2.85. The predicted molar refractivity (Wildman–Crippen MR) is 69.5 cm³/mol. The number of thiazole rings is 1. The minimum Gasteiger partial charge on any atom is -0.441 e. The monoisotopic (exact) mass is 260 g/mol. The molecule has 1 atom stereocenters. The van der Waals surface area contributed by atoms with Gasteiger partial charge in [0.1, 0.15) is 11.6 Å². The van der Waals surface area contributed by atoms with Crippen LogP contribution in [0.5, 0.6) is 0 Å². The van der Waals surface area contributed by atoms with Crippen LogP contribution in [0.15, 0.2) is 34.1 Å². The van der Waals surface area contributed by atoms with Crippen molar-refractivity contribution < 1.29 is 9.52 Å². The maximum Gasteiger partial charge on any atom is 0.198 e. The van der Waals surface area contributed by atoms with E-state index in [2.05, 4.69) is 9.97 Å². The standard InChI is InChI=1S/C13H12N2O2S/c1-8-14-10(7-18-8)11(16)6-13-15-9-4-2-3-5-12(9)17-13/h2-5,7,11,16H,6H2,1H3. The van der Waals surface area contributed by atoms with Crippen LogP contribution in [0.2, 0.25) is 0 Å². The molecule has 0 aliphatic heterocycles. The summed E-state index contributed by atoms with van der Waals surface area (Å²) in [6.07, 6.45) is -0.319. The first-order valence-electron chi connectivity index (χ1n) is 5.67. The van der Waals surface area contributed by atoms with Gasteiger partial charge < -0.3 is 9.52 Å². The SMILES string of the molecule is Cc1nc(C(O)Cc2nc3ccccc3o2)cs1. The predicted octanol–water partition coefficient (Wildman–Crippen LogP) is 2.87. The molecule has 3 rings (SSSR count). The lowest BCUT2D eigenvalue weighted by atomic mass is 10.2. The van der Waals surface area contributed by atoms with E-state index in [4.69, 9.17) is 4.42 Å². The molecule has 0 radical (unpaired) electrons. The van der Waals surface area contributed by atoms with E-state index in [1.807, 2.05) is 36.6 Å². The summed E-state index contributed by atoms with van der Waals surface area (Å²) in [5.74, 6) is 0.536. The number of oxazole rings is 1. The topological polar surface area (TPSA) is 59.2 Å². The molecule has 0 fully saturated rings. The van der Waals surface area contributed by atoms with Crippen molar-refractivity contribution in [3.05, 3.63) is 46.2 Å². The lowest BCUT2D eigenvalue weighted by Gasteiger charge is -2.03. The number of rotatable bonds is 3. The van der Waals surface area contributed by atoms with Crippen LogP contribution in [-0.4, -0.2) is 15.1 Å². The van der Waals surface area contributed by atoms with Gasteiger partial charge in [0, 0.05) is 5.38 Å². The highest BCUT2D eigenvalue weighted by Crippen LogP contribution is 2.22. The van der Waals surface area contributed by atoms with Gasteiger partial charge in [-0.05, 0) is 19.1 Å². The third kappa shape index (κ3) is 2.14. The van der Waals surface area contributed by atoms with Crippen molar-refractivity contribution in [2.45, 2.75) is 19.4 Å². The lowest BCUT2D eigenvalue weighted by molar-refractivity contribution is 0.165. The number of benzene rings is 1. The Morgan fingerprint density at radius 1 is 1.33 bits per heavy atom. The molecule has 0 spiro atoms. The third-order valence-corrected chi connectivity index (χ3v) is 3.48. The Morgan fingerprint density at radius 2 is 2.17 bits per heavy atom. The highest BCUT2D eigenvalue weighted by atomic mass is 32.1. The van der Waals surface area contributed by atoms with Crippen LogP contribution in [0.1, 0.15) is 22.7 Å². The molecule has 18 heavy (non-hydrogen) atoms. The quantitative estimate of drug-likeness (QED) is 0.786. The maximum atomic E-state index is 10.1. The molecule has 1 N–H and O–H groups in total. The van der Waals surface area contributed by atoms with Gasteiger partial charge in [0.2, 0.25) is 0 Å². The van der Waals surface area contributed by atoms with Gasteiger partial charge in [-0.15, -0.1) is 11.3 Å². The van der Waals surface area contributed by atoms with Crippen LogP contribution in [0.4, 0.5) is 0 Å². The lowest BCUT2D eigenvalue weighted by Crippen LogP contribution is -2.02. The summed E-state index contributed by atoms with van der Waals surface area (Å²) in [7, 11) is 0. The zero-order valence-electron chi connectivity index (χ0n) is 9.83. The van der Waals surface area contributed by atoms with Gasteiger partial charge in [0.25, 0.3) is 0 Å². The van der Waals surface area contributed by atoms with Crippen molar-refractivity contribution in [3.63, 3.8) is 0 Å². The van der Waals surface area contributed by atoms with Gasteiger partial charge in [0.15, 0.2) is 11.5 Å². The second-order valence-corrected chi connectivity index (χ2v) is 5.15. The molecule has 3 aromatic rings. The van der Waals surface area contributed by atoms with Gasteiger partial charge in [-0.2, -0.15) is 0 Å². The van der Waals surface area contributed by atoms with Crippen LogP contribution in [-0.2, 0) is 6.42 Å². The molecule has 5 heteroatoms. The van der Waals surface area contributed by atoms with Crippen LogP contribution < -0.4 is 0 Å². The van der Waals surface area contributed by atoms with E-state index in [9.17, 15) is 5.11 Å². The van der Waals surface area contributed by atoms with E-state index in [1.165, 1.54) is 11.3 Å². The Bertz CT molecular complexity index is 641. The number of aliphatic hydroxyl groups excluding tert-OH is 1. The molecule has 4 nitrogen and oxygen atoms in total. The van der Waals surface area contributed by atoms with E-state index in [0.29, 0.717) is 18.0 Å². The normalized spacial score (nSPS) is 13.0. The maximum absolute atomic E-state index is 10.1. The fraction of sp³-hybridized carbons (Fsp3) is 0.231. The minimum atomic E-state index is -0.664. The Hall–Kier alpha value is -1.72. The number of para-hydroxylation sites is 2. The highest BCUT2D eigenvalue weighted by molar-refractivity contribution is 7.09. The van der Waals surface area contributed by atoms with Crippen molar-refractivity contribution in [3.8, 4) is 0 Å². The zero-order chi connectivity index (χ0) is 12.5. The zero-order valence-corrected chi connectivity index (χ0v) is 10.6. The molecule has 0 bridgehead atoms. The van der Waals surface area contributed by atoms with E-state index in [1.54, 1.807) is 0 Å². The molecule has 1 aromatic carbocycles. The summed E-state index contributed by atoms with van der Waals surface area (Å²) < 4.78 is 5.57. The highest BCUT2D eigenvalue weighted by Gasteiger charge is 2.15. The van der Waals surface area contributed by atoms with Crippen molar-refractivity contribution in [1.29, 1.82) is 0 Å².